The Balaban J connectivity index is 1.81. The van der Waals surface area contributed by atoms with Gasteiger partial charge in [-0.1, -0.05) is 0 Å². The molecule has 0 spiro atoms. The summed E-state index contributed by atoms with van der Waals surface area (Å²) in [5, 5.41) is 2.81. The number of aryl methyl sites for hydroxylation is 1. The van der Waals surface area contributed by atoms with Crippen LogP contribution >= 0.6 is 0 Å². The fourth-order valence-corrected chi connectivity index (χ4v) is 2.17. The molecule has 7 nitrogen and oxygen atoms in total. The normalized spacial score (nSPS) is 15.6. The third-order valence-electron chi connectivity index (χ3n) is 3.34. The zero-order chi connectivity index (χ0) is 14.1. The summed E-state index contributed by atoms with van der Waals surface area (Å²) in [5.74, 6) is -0.420. The number of anilines is 1. The summed E-state index contributed by atoms with van der Waals surface area (Å²) in [6.45, 7) is 2.28. The van der Waals surface area contributed by atoms with Gasteiger partial charge in [-0.25, -0.2) is 9.59 Å². The molecule has 1 saturated heterocycles. The molecular weight excluding hydrogens is 262 g/mol. The van der Waals surface area contributed by atoms with Crippen molar-refractivity contribution < 1.29 is 13.9 Å². The molecule has 2 amide bonds. The Hall–Kier alpha value is -2.28. The standard InChI is InChI=1S/C13H15N3O4/c1-15-10-8-9(2-3-11(10)20-13(15)18)14-12(17)16-4-6-19-7-5-16/h2-3,8H,4-7H2,1H3,(H,14,17). The van der Waals surface area contributed by atoms with Gasteiger partial charge in [-0.15, -0.1) is 0 Å². The van der Waals surface area contributed by atoms with Crippen LogP contribution in [0.15, 0.2) is 27.4 Å². The lowest BCUT2D eigenvalue weighted by atomic mass is 10.3. The SMILES string of the molecule is Cn1c(=O)oc2ccc(NC(=O)N3CCOCC3)cc21. The van der Waals surface area contributed by atoms with Gasteiger partial charge in [0.2, 0.25) is 0 Å². The summed E-state index contributed by atoms with van der Waals surface area (Å²) in [5.41, 5.74) is 1.78. The molecule has 0 saturated carbocycles. The van der Waals surface area contributed by atoms with E-state index >= 15 is 0 Å². The van der Waals surface area contributed by atoms with Crippen molar-refractivity contribution in [2.45, 2.75) is 0 Å². The Kier molecular flexibility index (Phi) is 3.19. The van der Waals surface area contributed by atoms with Gasteiger partial charge in [0.1, 0.15) is 0 Å². The molecule has 0 bridgehead atoms. The van der Waals surface area contributed by atoms with Crippen molar-refractivity contribution in [2.75, 3.05) is 31.6 Å². The number of fused-ring (bicyclic) bond motifs is 1. The maximum absolute atomic E-state index is 12.1. The van der Waals surface area contributed by atoms with Crippen LogP contribution in [0.5, 0.6) is 0 Å². The summed E-state index contributed by atoms with van der Waals surface area (Å²) in [7, 11) is 1.63. The number of amides is 2. The highest BCUT2D eigenvalue weighted by Crippen LogP contribution is 2.18. The van der Waals surface area contributed by atoms with Gasteiger partial charge in [-0.05, 0) is 18.2 Å². The average molecular weight is 277 g/mol. The summed E-state index contributed by atoms with van der Waals surface area (Å²) < 4.78 is 11.6. The predicted octanol–water partition coefficient (Wildman–Crippen LogP) is 0.996. The van der Waals surface area contributed by atoms with Gasteiger partial charge in [0.25, 0.3) is 0 Å². The molecule has 2 heterocycles. The highest BCUT2D eigenvalue weighted by molar-refractivity contribution is 5.91. The zero-order valence-corrected chi connectivity index (χ0v) is 11.1. The van der Waals surface area contributed by atoms with Crippen molar-refractivity contribution in [2.24, 2.45) is 7.05 Å². The maximum atomic E-state index is 12.1. The number of rotatable bonds is 1. The van der Waals surface area contributed by atoms with Crippen LogP contribution in [0.4, 0.5) is 10.5 Å². The third-order valence-corrected chi connectivity index (χ3v) is 3.34. The minimum absolute atomic E-state index is 0.166. The molecule has 7 heteroatoms. The van der Waals surface area contributed by atoms with Crippen molar-refractivity contribution in [3.8, 4) is 0 Å². The molecule has 20 heavy (non-hydrogen) atoms. The number of benzene rings is 1. The van der Waals surface area contributed by atoms with E-state index < -0.39 is 5.76 Å². The first-order chi connectivity index (χ1) is 9.65. The first-order valence-electron chi connectivity index (χ1n) is 6.38. The van der Waals surface area contributed by atoms with Crippen LogP contribution in [0.3, 0.4) is 0 Å². The van der Waals surface area contributed by atoms with E-state index in [9.17, 15) is 9.59 Å². The van der Waals surface area contributed by atoms with Crippen molar-refractivity contribution in [1.82, 2.24) is 9.47 Å². The van der Waals surface area contributed by atoms with Crippen LogP contribution in [-0.2, 0) is 11.8 Å². The monoisotopic (exact) mass is 277 g/mol. The highest BCUT2D eigenvalue weighted by Gasteiger charge is 2.17. The average Bonchev–Trinajstić information content (AvgIpc) is 2.75. The van der Waals surface area contributed by atoms with Gasteiger partial charge in [0.15, 0.2) is 5.58 Å². The lowest BCUT2D eigenvalue weighted by Crippen LogP contribution is -2.43. The quantitative estimate of drug-likeness (QED) is 0.843. The van der Waals surface area contributed by atoms with Crippen molar-refractivity contribution in [3.63, 3.8) is 0 Å². The number of oxazole rings is 1. The lowest BCUT2D eigenvalue weighted by molar-refractivity contribution is 0.0564. The van der Waals surface area contributed by atoms with E-state index in [1.54, 1.807) is 30.1 Å². The minimum atomic E-state index is -0.420. The first kappa shape index (κ1) is 12.7. The summed E-state index contributed by atoms with van der Waals surface area (Å²) in [6, 6.07) is 4.94. The van der Waals surface area contributed by atoms with Gasteiger partial charge in [0, 0.05) is 25.8 Å². The summed E-state index contributed by atoms with van der Waals surface area (Å²) >= 11 is 0. The van der Waals surface area contributed by atoms with Gasteiger partial charge in [-0.2, -0.15) is 0 Å². The second-order valence-corrected chi connectivity index (χ2v) is 4.64. The number of urea groups is 1. The third kappa shape index (κ3) is 2.27. The van der Waals surface area contributed by atoms with Gasteiger partial charge in [-0.3, -0.25) is 4.57 Å². The molecule has 0 unspecified atom stereocenters. The number of carbonyl (C=O) groups is 1. The van der Waals surface area contributed by atoms with E-state index in [-0.39, 0.29) is 6.03 Å². The van der Waals surface area contributed by atoms with E-state index in [0.29, 0.717) is 43.1 Å². The molecule has 0 radical (unpaired) electrons. The van der Waals surface area contributed by atoms with E-state index in [1.807, 2.05) is 0 Å². The van der Waals surface area contributed by atoms with Crippen LogP contribution in [0, 0.1) is 0 Å². The van der Waals surface area contributed by atoms with Crippen LogP contribution in [-0.4, -0.2) is 41.8 Å². The maximum Gasteiger partial charge on any atom is 0.419 e. The molecule has 1 aromatic heterocycles. The van der Waals surface area contributed by atoms with Gasteiger partial charge in [0.05, 0.1) is 18.7 Å². The van der Waals surface area contributed by atoms with Crippen LogP contribution in [0.2, 0.25) is 0 Å². The second-order valence-electron chi connectivity index (χ2n) is 4.64. The Morgan fingerprint density at radius 1 is 1.30 bits per heavy atom. The molecule has 106 valence electrons. The smallest absolute Gasteiger partial charge is 0.408 e. The van der Waals surface area contributed by atoms with E-state index in [4.69, 9.17) is 9.15 Å². The number of hydrogen-bond acceptors (Lipinski definition) is 4. The number of morpholine rings is 1. The molecular formula is C13H15N3O4. The van der Waals surface area contributed by atoms with E-state index in [0.717, 1.165) is 0 Å². The molecule has 1 aromatic carbocycles. The Morgan fingerprint density at radius 3 is 2.80 bits per heavy atom. The van der Waals surface area contributed by atoms with E-state index in [2.05, 4.69) is 5.32 Å². The topological polar surface area (TPSA) is 76.7 Å². The number of ether oxygens (including phenoxy) is 1. The molecule has 1 aliphatic heterocycles. The lowest BCUT2D eigenvalue weighted by Gasteiger charge is -2.26. The fraction of sp³-hybridized carbons (Fsp3) is 0.385. The number of carbonyl (C=O) groups excluding carboxylic acids is 1. The van der Waals surface area contributed by atoms with Gasteiger partial charge >= 0.3 is 11.8 Å². The molecule has 3 rings (SSSR count). The second kappa shape index (κ2) is 5.01. The van der Waals surface area contributed by atoms with Crippen LogP contribution < -0.4 is 11.1 Å². The molecule has 0 aliphatic carbocycles. The molecule has 0 atom stereocenters. The number of hydrogen-bond donors (Lipinski definition) is 1. The molecule has 2 aromatic rings. The molecule has 1 N–H and O–H groups in total. The van der Waals surface area contributed by atoms with Gasteiger partial charge < -0.3 is 19.4 Å². The minimum Gasteiger partial charge on any atom is -0.408 e. The molecule has 1 aliphatic rings. The Morgan fingerprint density at radius 2 is 2.05 bits per heavy atom. The fourth-order valence-electron chi connectivity index (χ4n) is 2.17. The van der Waals surface area contributed by atoms with E-state index in [1.165, 1.54) is 4.57 Å². The van der Waals surface area contributed by atoms with Crippen molar-refractivity contribution in [1.29, 1.82) is 0 Å². The van der Waals surface area contributed by atoms with Crippen LogP contribution in [0.1, 0.15) is 0 Å². The van der Waals surface area contributed by atoms with Crippen molar-refractivity contribution >= 4 is 22.8 Å². The summed E-state index contributed by atoms with van der Waals surface area (Å²) in [6.07, 6.45) is 0. The number of nitrogens with one attached hydrogen (secondary N) is 1. The van der Waals surface area contributed by atoms with Crippen molar-refractivity contribution in [3.05, 3.63) is 28.7 Å². The summed E-state index contributed by atoms with van der Waals surface area (Å²) in [4.78, 5) is 25.2. The number of nitrogens with zero attached hydrogens (tertiary/aromatic N) is 2. The first-order valence-corrected chi connectivity index (χ1v) is 6.38. The van der Waals surface area contributed by atoms with Crippen LogP contribution in [0.25, 0.3) is 11.1 Å². The largest absolute Gasteiger partial charge is 0.419 e. The highest BCUT2D eigenvalue weighted by atomic mass is 16.5. The Bertz CT molecular complexity index is 697. The molecule has 1 fully saturated rings. The zero-order valence-electron chi connectivity index (χ0n) is 11.1. The Labute approximate surface area is 114 Å². The number of aromatic nitrogens is 1. The predicted molar refractivity (Wildman–Crippen MR) is 72.9 cm³/mol.